The van der Waals surface area contributed by atoms with Gasteiger partial charge in [0.2, 0.25) is 0 Å². The first-order valence-electron chi connectivity index (χ1n) is 7.80. The molecule has 0 atom stereocenters. The molecule has 2 aromatic rings. The number of nitrogens with zero attached hydrogens (tertiary/aromatic N) is 1. The number of nitrogens with one attached hydrogen (secondary N) is 2. The summed E-state index contributed by atoms with van der Waals surface area (Å²) < 4.78 is 31.0. The van der Waals surface area contributed by atoms with Crippen molar-refractivity contribution in [3.8, 4) is 0 Å². The van der Waals surface area contributed by atoms with Crippen LogP contribution < -0.4 is 10.6 Å². The van der Waals surface area contributed by atoms with Crippen molar-refractivity contribution in [2.45, 2.75) is 0 Å². The molecule has 0 saturated heterocycles. The van der Waals surface area contributed by atoms with E-state index in [0.717, 1.165) is 30.3 Å². The summed E-state index contributed by atoms with van der Waals surface area (Å²) in [6, 6.07) is 5.74. The van der Waals surface area contributed by atoms with Crippen molar-refractivity contribution in [3.63, 3.8) is 0 Å². The highest BCUT2D eigenvalue weighted by Crippen LogP contribution is 2.24. The SMILES string of the molecule is O=C(COC(=O)CNC(=O)c1ccc(Cl)c([N+](=O)[O-])c1)Nc1cc(F)ccc1F. The number of anilines is 1. The molecule has 0 fully saturated rings. The maximum Gasteiger partial charge on any atom is 0.325 e. The van der Waals surface area contributed by atoms with Crippen LogP contribution in [0.4, 0.5) is 20.2 Å². The van der Waals surface area contributed by atoms with E-state index in [1.165, 1.54) is 6.07 Å². The molecule has 2 aromatic carbocycles. The van der Waals surface area contributed by atoms with Crippen LogP contribution in [0.2, 0.25) is 5.02 Å². The Morgan fingerprint density at radius 3 is 2.55 bits per heavy atom. The van der Waals surface area contributed by atoms with Gasteiger partial charge in [0.1, 0.15) is 23.2 Å². The molecule has 0 aliphatic heterocycles. The topological polar surface area (TPSA) is 128 Å². The molecule has 2 amide bonds. The third kappa shape index (κ3) is 6.21. The fourth-order valence-corrected chi connectivity index (χ4v) is 2.21. The predicted octanol–water partition coefficient (Wildman–Crippen LogP) is 2.44. The molecule has 0 bridgehead atoms. The predicted molar refractivity (Wildman–Crippen MR) is 96.4 cm³/mol. The number of ether oxygens (including phenoxy) is 1. The van der Waals surface area contributed by atoms with Crippen LogP contribution >= 0.6 is 11.6 Å². The van der Waals surface area contributed by atoms with Crippen LogP contribution in [0.15, 0.2) is 36.4 Å². The zero-order valence-corrected chi connectivity index (χ0v) is 15.2. The van der Waals surface area contributed by atoms with E-state index in [4.69, 9.17) is 11.6 Å². The molecular formula is C17H12ClF2N3O6. The lowest BCUT2D eigenvalue weighted by molar-refractivity contribution is -0.384. The number of hydrogen-bond donors (Lipinski definition) is 2. The van der Waals surface area contributed by atoms with Gasteiger partial charge in [-0.3, -0.25) is 24.5 Å². The zero-order chi connectivity index (χ0) is 21.6. The lowest BCUT2D eigenvalue weighted by Crippen LogP contribution is -2.32. The standard InChI is InChI=1S/C17H12ClF2N3O6/c18-11-3-1-9(5-14(11)23(27)28)17(26)21-7-16(25)29-8-15(24)22-13-6-10(19)2-4-12(13)20/h1-6H,7-8H2,(H,21,26)(H,22,24). The minimum absolute atomic E-state index is 0.117. The van der Waals surface area contributed by atoms with Crippen molar-refractivity contribution in [3.05, 3.63) is 68.7 Å². The molecule has 0 unspecified atom stereocenters. The average Bonchev–Trinajstić information content (AvgIpc) is 2.67. The van der Waals surface area contributed by atoms with Crippen molar-refractivity contribution in [2.24, 2.45) is 0 Å². The molecule has 0 radical (unpaired) electrons. The van der Waals surface area contributed by atoms with Gasteiger partial charge in [-0.25, -0.2) is 8.78 Å². The molecule has 0 saturated carbocycles. The maximum atomic E-state index is 13.4. The van der Waals surface area contributed by atoms with E-state index in [1.807, 2.05) is 5.32 Å². The number of nitro benzene ring substituents is 1. The lowest BCUT2D eigenvalue weighted by atomic mass is 10.2. The number of nitro groups is 1. The fraction of sp³-hybridized carbons (Fsp3) is 0.118. The third-order valence-electron chi connectivity index (χ3n) is 3.37. The van der Waals surface area contributed by atoms with Crippen molar-refractivity contribution >= 4 is 40.8 Å². The summed E-state index contributed by atoms with van der Waals surface area (Å²) in [7, 11) is 0. The lowest BCUT2D eigenvalue weighted by Gasteiger charge is -2.08. The number of carbonyl (C=O) groups is 3. The van der Waals surface area contributed by atoms with Crippen molar-refractivity contribution in [2.75, 3.05) is 18.5 Å². The second-order valence-corrected chi connectivity index (χ2v) is 5.85. The van der Waals surface area contributed by atoms with E-state index >= 15 is 0 Å². The molecule has 152 valence electrons. The number of halogens is 3. The van der Waals surface area contributed by atoms with E-state index in [0.29, 0.717) is 0 Å². The van der Waals surface area contributed by atoms with Gasteiger partial charge in [-0.2, -0.15) is 0 Å². The molecule has 2 N–H and O–H groups in total. The monoisotopic (exact) mass is 427 g/mol. The van der Waals surface area contributed by atoms with E-state index in [1.54, 1.807) is 0 Å². The number of rotatable bonds is 7. The van der Waals surface area contributed by atoms with Crippen molar-refractivity contribution in [1.29, 1.82) is 0 Å². The Morgan fingerprint density at radius 1 is 1.14 bits per heavy atom. The average molecular weight is 428 g/mol. The summed E-state index contributed by atoms with van der Waals surface area (Å²) >= 11 is 5.64. The molecular weight excluding hydrogens is 416 g/mol. The molecule has 0 aliphatic rings. The molecule has 9 nitrogen and oxygen atoms in total. The summed E-state index contributed by atoms with van der Waals surface area (Å²) in [5.41, 5.74) is -1.03. The van der Waals surface area contributed by atoms with E-state index in [9.17, 15) is 33.3 Å². The zero-order valence-electron chi connectivity index (χ0n) is 14.4. The summed E-state index contributed by atoms with van der Waals surface area (Å²) in [6.07, 6.45) is 0. The molecule has 0 heterocycles. The number of carbonyl (C=O) groups excluding carboxylic acids is 3. The normalized spacial score (nSPS) is 10.2. The van der Waals surface area contributed by atoms with Gasteiger partial charge >= 0.3 is 5.97 Å². The van der Waals surface area contributed by atoms with Crippen LogP contribution in [-0.2, 0) is 14.3 Å². The van der Waals surface area contributed by atoms with Crippen LogP contribution in [0.5, 0.6) is 0 Å². The molecule has 0 aromatic heterocycles. The van der Waals surface area contributed by atoms with Gasteiger partial charge in [-0.05, 0) is 24.3 Å². The third-order valence-corrected chi connectivity index (χ3v) is 3.68. The number of hydrogen-bond acceptors (Lipinski definition) is 6. The summed E-state index contributed by atoms with van der Waals surface area (Å²) in [4.78, 5) is 45.2. The first kappa shape index (κ1) is 21.7. The molecule has 2 rings (SSSR count). The van der Waals surface area contributed by atoms with Gasteiger partial charge in [-0.15, -0.1) is 0 Å². The highest BCUT2D eigenvalue weighted by atomic mass is 35.5. The Hall–Kier alpha value is -3.60. The van der Waals surface area contributed by atoms with Crippen LogP contribution in [0.3, 0.4) is 0 Å². The fourth-order valence-electron chi connectivity index (χ4n) is 2.02. The molecule has 0 aliphatic carbocycles. The molecule has 29 heavy (non-hydrogen) atoms. The minimum Gasteiger partial charge on any atom is -0.454 e. The van der Waals surface area contributed by atoms with Crippen LogP contribution in [0, 0.1) is 21.7 Å². The van der Waals surface area contributed by atoms with Gasteiger partial charge in [-0.1, -0.05) is 11.6 Å². The Balaban J connectivity index is 1.83. The Bertz CT molecular complexity index is 986. The van der Waals surface area contributed by atoms with Crippen LogP contribution in [-0.4, -0.2) is 35.9 Å². The van der Waals surface area contributed by atoms with Gasteiger partial charge < -0.3 is 15.4 Å². The summed E-state index contributed by atoms with van der Waals surface area (Å²) in [5, 5.41) is 14.8. The van der Waals surface area contributed by atoms with Crippen molar-refractivity contribution in [1.82, 2.24) is 5.32 Å². The number of amides is 2. The molecule has 12 heteroatoms. The first-order chi connectivity index (χ1) is 13.7. The highest BCUT2D eigenvalue weighted by molar-refractivity contribution is 6.32. The Labute approximate surface area is 166 Å². The number of benzene rings is 2. The minimum atomic E-state index is -1.00. The van der Waals surface area contributed by atoms with E-state index in [2.05, 4.69) is 10.1 Å². The summed E-state index contributed by atoms with van der Waals surface area (Å²) in [5.74, 6) is -4.40. The van der Waals surface area contributed by atoms with Gasteiger partial charge in [0.25, 0.3) is 17.5 Å². The van der Waals surface area contributed by atoms with Crippen LogP contribution in [0.25, 0.3) is 0 Å². The van der Waals surface area contributed by atoms with Crippen molar-refractivity contribution < 1.29 is 32.8 Å². The van der Waals surface area contributed by atoms with Gasteiger partial charge in [0, 0.05) is 17.7 Å². The number of esters is 1. The Kier molecular flexibility index (Phi) is 7.15. The largest absolute Gasteiger partial charge is 0.454 e. The quantitative estimate of drug-likeness (QED) is 0.397. The molecule has 0 spiro atoms. The first-order valence-corrected chi connectivity index (χ1v) is 8.18. The van der Waals surface area contributed by atoms with E-state index in [-0.39, 0.29) is 10.6 Å². The second-order valence-electron chi connectivity index (χ2n) is 5.44. The maximum absolute atomic E-state index is 13.4. The van der Waals surface area contributed by atoms with Gasteiger partial charge in [0.05, 0.1) is 10.6 Å². The van der Waals surface area contributed by atoms with Gasteiger partial charge in [0.15, 0.2) is 6.61 Å². The summed E-state index contributed by atoms with van der Waals surface area (Å²) in [6.45, 7) is -1.45. The Morgan fingerprint density at radius 2 is 1.86 bits per heavy atom. The highest BCUT2D eigenvalue weighted by Gasteiger charge is 2.17. The van der Waals surface area contributed by atoms with Crippen LogP contribution in [0.1, 0.15) is 10.4 Å². The van der Waals surface area contributed by atoms with E-state index < -0.39 is 58.9 Å². The smallest absolute Gasteiger partial charge is 0.325 e. The second kappa shape index (κ2) is 9.55.